The maximum absolute atomic E-state index is 13.5. The van der Waals surface area contributed by atoms with Crippen LogP contribution in [0, 0.1) is 0 Å². The van der Waals surface area contributed by atoms with Gasteiger partial charge in [-0.2, -0.15) is 0 Å². The lowest BCUT2D eigenvalue weighted by atomic mass is 10.1. The van der Waals surface area contributed by atoms with Gasteiger partial charge in [0, 0.05) is 18.1 Å². The zero-order valence-corrected chi connectivity index (χ0v) is 18.0. The van der Waals surface area contributed by atoms with Crippen molar-refractivity contribution in [3.05, 3.63) is 71.1 Å². The second-order valence-corrected chi connectivity index (χ2v) is 8.53. The predicted octanol–water partition coefficient (Wildman–Crippen LogP) is 4.76. The largest absolute Gasteiger partial charge is 0.329 e. The van der Waals surface area contributed by atoms with E-state index in [1.807, 2.05) is 53.4 Å². The standard InChI is InChI=1S/C23H22N6OS/c1-2-20-27-28-23(31-20)26-19-11-5-9-17(25-19)18-10-6-14-29(18)22(30)21-16-8-4-3-7-15(16)12-13-24-21/h3-5,7-9,11-13,18H,2,6,10,14H2,1H3,(H,25,26,28). The van der Waals surface area contributed by atoms with E-state index in [1.54, 1.807) is 6.20 Å². The number of nitrogens with one attached hydrogen (secondary N) is 1. The number of carbonyl (C=O) groups is 1. The molecule has 156 valence electrons. The molecule has 1 aliphatic rings. The number of aromatic nitrogens is 4. The third-order valence-corrected chi connectivity index (χ3v) is 6.49. The number of nitrogens with zero attached hydrogens (tertiary/aromatic N) is 5. The molecule has 1 atom stereocenters. The first-order valence-electron chi connectivity index (χ1n) is 10.4. The summed E-state index contributed by atoms with van der Waals surface area (Å²) in [6.45, 7) is 2.75. The molecule has 8 heteroatoms. The maximum atomic E-state index is 13.5. The maximum Gasteiger partial charge on any atom is 0.273 e. The number of anilines is 2. The number of rotatable bonds is 5. The van der Waals surface area contributed by atoms with E-state index in [0.717, 1.165) is 45.9 Å². The van der Waals surface area contributed by atoms with Crippen LogP contribution < -0.4 is 5.32 Å². The number of benzene rings is 1. The minimum atomic E-state index is -0.0735. The highest BCUT2D eigenvalue weighted by Crippen LogP contribution is 2.33. The van der Waals surface area contributed by atoms with Crippen LogP contribution in [0.2, 0.25) is 0 Å². The van der Waals surface area contributed by atoms with Crippen molar-refractivity contribution in [2.24, 2.45) is 0 Å². The number of amides is 1. The number of carbonyl (C=O) groups excluding carboxylic acids is 1. The van der Waals surface area contributed by atoms with Crippen molar-refractivity contribution in [3.63, 3.8) is 0 Å². The summed E-state index contributed by atoms with van der Waals surface area (Å²) >= 11 is 1.52. The molecule has 7 nitrogen and oxygen atoms in total. The van der Waals surface area contributed by atoms with Crippen molar-refractivity contribution in [3.8, 4) is 0 Å². The van der Waals surface area contributed by atoms with E-state index in [-0.39, 0.29) is 11.9 Å². The Morgan fingerprint density at radius 2 is 2.06 bits per heavy atom. The summed E-state index contributed by atoms with van der Waals surface area (Å²) in [6.07, 6.45) is 4.38. The molecule has 0 saturated carbocycles. The molecule has 4 heterocycles. The molecule has 1 N–H and O–H groups in total. The molecule has 0 bridgehead atoms. The van der Waals surface area contributed by atoms with E-state index in [2.05, 4.69) is 27.4 Å². The van der Waals surface area contributed by atoms with Crippen LogP contribution in [0.5, 0.6) is 0 Å². The Kier molecular flexibility index (Phi) is 5.30. The van der Waals surface area contributed by atoms with Gasteiger partial charge in [-0.25, -0.2) is 4.98 Å². The van der Waals surface area contributed by atoms with Crippen molar-refractivity contribution in [2.75, 3.05) is 11.9 Å². The average molecular weight is 431 g/mol. The van der Waals surface area contributed by atoms with Gasteiger partial charge in [-0.3, -0.25) is 9.78 Å². The summed E-state index contributed by atoms with van der Waals surface area (Å²) in [4.78, 5) is 24.6. The molecular formula is C23H22N6OS. The van der Waals surface area contributed by atoms with Crippen molar-refractivity contribution < 1.29 is 4.79 Å². The van der Waals surface area contributed by atoms with Crippen LogP contribution in [0.25, 0.3) is 10.8 Å². The monoisotopic (exact) mass is 430 g/mol. The summed E-state index contributed by atoms with van der Waals surface area (Å²) < 4.78 is 0. The van der Waals surface area contributed by atoms with Crippen molar-refractivity contribution in [1.29, 1.82) is 0 Å². The average Bonchev–Trinajstić information content (AvgIpc) is 3.48. The zero-order chi connectivity index (χ0) is 21.2. The van der Waals surface area contributed by atoms with E-state index in [1.165, 1.54) is 11.3 Å². The molecule has 0 spiro atoms. The lowest BCUT2D eigenvalue weighted by Gasteiger charge is -2.24. The van der Waals surface area contributed by atoms with E-state index in [4.69, 9.17) is 4.98 Å². The van der Waals surface area contributed by atoms with Gasteiger partial charge in [-0.15, -0.1) is 10.2 Å². The lowest BCUT2D eigenvalue weighted by molar-refractivity contribution is 0.0729. The number of fused-ring (bicyclic) bond motifs is 1. The summed E-state index contributed by atoms with van der Waals surface area (Å²) in [5.41, 5.74) is 1.37. The molecule has 0 aliphatic carbocycles. The predicted molar refractivity (Wildman–Crippen MR) is 122 cm³/mol. The van der Waals surface area contributed by atoms with E-state index < -0.39 is 0 Å². The van der Waals surface area contributed by atoms with Crippen LogP contribution in [0.3, 0.4) is 0 Å². The highest BCUT2D eigenvalue weighted by atomic mass is 32.1. The highest BCUT2D eigenvalue weighted by molar-refractivity contribution is 7.15. The lowest BCUT2D eigenvalue weighted by Crippen LogP contribution is -2.31. The van der Waals surface area contributed by atoms with Crippen LogP contribution in [0.1, 0.15) is 47.0 Å². The van der Waals surface area contributed by atoms with Crippen LogP contribution in [0.15, 0.2) is 54.7 Å². The molecule has 3 aromatic heterocycles. The first-order chi connectivity index (χ1) is 15.2. The van der Waals surface area contributed by atoms with Gasteiger partial charge in [0.15, 0.2) is 0 Å². The molecule has 1 unspecified atom stereocenters. The molecule has 1 aromatic carbocycles. The number of likely N-dealkylation sites (tertiary alicyclic amines) is 1. The Bertz CT molecular complexity index is 1230. The molecule has 4 aromatic rings. The van der Waals surface area contributed by atoms with Crippen molar-refractivity contribution in [1.82, 2.24) is 25.1 Å². The summed E-state index contributed by atoms with van der Waals surface area (Å²) in [6, 6.07) is 15.6. The van der Waals surface area contributed by atoms with Crippen LogP contribution in [-0.4, -0.2) is 37.5 Å². The molecule has 5 rings (SSSR count). The van der Waals surface area contributed by atoms with Crippen molar-refractivity contribution >= 4 is 39.0 Å². The SMILES string of the molecule is CCc1nnc(Nc2cccc(C3CCCN3C(=O)c3nccc4ccccc34)n2)s1. The van der Waals surface area contributed by atoms with Gasteiger partial charge in [0.1, 0.15) is 16.5 Å². The smallest absolute Gasteiger partial charge is 0.273 e. The quantitative estimate of drug-likeness (QED) is 0.491. The molecule has 1 aliphatic heterocycles. The minimum Gasteiger partial charge on any atom is -0.329 e. The van der Waals surface area contributed by atoms with Crippen LogP contribution in [0.4, 0.5) is 10.9 Å². The Morgan fingerprint density at radius 1 is 1.16 bits per heavy atom. The van der Waals surface area contributed by atoms with Gasteiger partial charge in [-0.05, 0) is 42.8 Å². The number of hydrogen-bond donors (Lipinski definition) is 1. The van der Waals surface area contributed by atoms with Gasteiger partial charge < -0.3 is 10.2 Å². The van der Waals surface area contributed by atoms with Gasteiger partial charge in [0.2, 0.25) is 5.13 Å². The molecular weight excluding hydrogens is 408 g/mol. The van der Waals surface area contributed by atoms with E-state index in [9.17, 15) is 4.79 Å². The molecule has 1 saturated heterocycles. The van der Waals surface area contributed by atoms with Crippen molar-refractivity contribution in [2.45, 2.75) is 32.2 Å². The number of hydrogen-bond acceptors (Lipinski definition) is 7. The Balaban J connectivity index is 1.42. The fourth-order valence-corrected chi connectivity index (χ4v) is 4.69. The fraction of sp³-hybridized carbons (Fsp3) is 0.261. The van der Waals surface area contributed by atoms with Gasteiger partial charge in [0.05, 0.1) is 11.7 Å². The topological polar surface area (TPSA) is 83.9 Å². The Labute approximate surface area is 184 Å². The summed E-state index contributed by atoms with van der Waals surface area (Å²) in [7, 11) is 0. The van der Waals surface area contributed by atoms with Gasteiger partial charge in [0.25, 0.3) is 5.91 Å². The first-order valence-corrected chi connectivity index (χ1v) is 11.3. The Morgan fingerprint density at radius 3 is 2.94 bits per heavy atom. The number of pyridine rings is 2. The second kappa shape index (κ2) is 8.39. The van der Waals surface area contributed by atoms with Gasteiger partial charge in [-0.1, -0.05) is 48.6 Å². The second-order valence-electron chi connectivity index (χ2n) is 7.46. The zero-order valence-electron chi connectivity index (χ0n) is 17.2. The molecule has 1 amide bonds. The summed E-state index contributed by atoms with van der Waals surface area (Å²) in [5, 5.41) is 15.2. The van der Waals surface area contributed by atoms with Gasteiger partial charge >= 0.3 is 0 Å². The van der Waals surface area contributed by atoms with E-state index >= 15 is 0 Å². The molecule has 0 radical (unpaired) electrons. The third kappa shape index (κ3) is 3.86. The van der Waals surface area contributed by atoms with Crippen LogP contribution >= 0.6 is 11.3 Å². The normalized spacial score (nSPS) is 16.0. The highest BCUT2D eigenvalue weighted by Gasteiger charge is 2.33. The molecule has 31 heavy (non-hydrogen) atoms. The third-order valence-electron chi connectivity index (χ3n) is 5.51. The first kappa shape index (κ1) is 19.6. The number of aryl methyl sites for hydroxylation is 1. The minimum absolute atomic E-state index is 0.0452. The fourth-order valence-electron chi connectivity index (χ4n) is 4.01. The van der Waals surface area contributed by atoms with E-state index in [0.29, 0.717) is 18.1 Å². The summed E-state index contributed by atoms with van der Waals surface area (Å²) in [5.74, 6) is 0.662. The van der Waals surface area contributed by atoms with Crippen LogP contribution in [-0.2, 0) is 6.42 Å². The Hall–Kier alpha value is -3.39. The molecule has 1 fully saturated rings.